The number of aromatic nitrogens is 1. The van der Waals surface area contributed by atoms with Gasteiger partial charge in [-0.25, -0.2) is 4.98 Å². The number of carbonyl (C=O) groups is 1. The van der Waals surface area contributed by atoms with Crippen molar-refractivity contribution in [3.05, 3.63) is 52.8 Å². The van der Waals surface area contributed by atoms with E-state index >= 15 is 0 Å². The quantitative estimate of drug-likeness (QED) is 0.608. The van der Waals surface area contributed by atoms with Crippen molar-refractivity contribution in [3.8, 4) is 5.75 Å². The van der Waals surface area contributed by atoms with E-state index in [2.05, 4.69) is 36.0 Å². The summed E-state index contributed by atoms with van der Waals surface area (Å²) < 4.78 is 44.5. The second-order valence-electron chi connectivity index (χ2n) is 9.67. The van der Waals surface area contributed by atoms with Gasteiger partial charge >= 0.3 is 6.18 Å². The molecule has 0 unspecified atom stereocenters. The Labute approximate surface area is 192 Å². The van der Waals surface area contributed by atoms with Crippen LogP contribution in [0, 0.1) is 5.92 Å². The lowest BCUT2D eigenvalue weighted by Crippen LogP contribution is -2.44. The third-order valence-electron chi connectivity index (χ3n) is 7.09. The number of fused-ring (bicyclic) bond motifs is 1. The van der Waals surface area contributed by atoms with E-state index < -0.39 is 17.8 Å². The number of ether oxygens (including phenoxy) is 1. The lowest BCUT2D eigenvalue weighted by molar-refractivity contribution is -0.141. The molecule has 1 aromatic heterocycles. The van der Waals surface area contributed by atoms with E-state index in [0.29, 0.717) is 17.5 Å². The summed E-state index contributed by atoms with van der Waals surface area (Å²) in [6.45, 7) is 7.48. The zero-order valence-electron chi connectivity index (χ0n) is 19.4. The van der Waals surface area contributed by atoms with Gasteiger partial charge in [-0.05, 0) is 80.8 Å². The number of nitrogens with one attached hydrogen (secondary N) is 1. The van der Waals surface area contributed by atoms with Gasteiger partial charge in [-0.15, -0.1) is 0 Å². The van der Waals surface area contributed by atoms with Crippen molar-refractivity contribution in [1.82, 2.24) is 9.88 Å². The molecular weight excluding hydrogens is 431 g/mol. The average molecular weight is 462 g/mol. The topological polar surface area (TPSA) is 54.5 Å². The highest BCUT2D eigenvalue weighted by Crippen LogP contribution is 2.46. The number of hydrogen-bond donors (Lipinski definition) is 1. The number of hydrogen-bond acceptors (Lipinski definition) is 4. The van der Waals surface area contributed by atoms with Crippen LogP contribution in [-0.2, 0) is 18.3 Å². The molecule has 0 saturated heterocycles. The summed E-state index contributed by atoms with van der Waals surface area (Å²) in [5.41, 5.74) is 1.08. The van der Waals surface area contributed by atoms with Crippen LogP contribution >= 0.6 is 0 Å². The fraction of sp³-hybridized carbons (Fsp3) is 0.520. The summed E-state index contributed by atoms with van der Waals surface area (Å²) in [5.74, 6) is 0.525. The SMILES string of the molecule is COc1cc2c(cc1NC(=O)c1cccc(C(F)(F)F)n1)CN([C@H]1CC[C@H](C)CC1)C2(C)C. The van der Waals surface area contributed by atoms with E-state index in [1.807, 2.05) is 12.1 Å². The van der Waals surface area contributed by atoms with Crippen molar-refractivity contribution in [2.24, 2.45) is 5.92 Å². The van der Waals surface area contributed by atoms with Crippen LogP contribution in [-0.4, -0.2) is 28.9 Å². The number of benzene rings is 1. The second-order valence-corrected chi connectivity index (χ2v) is 9.67. The van der Waals surface area contributed by atoms with Gasteiger partial charge in [0.1, 0.15) is 17.1 Å². The fourth-order valence-electron chi connectivity index (χ4n) is 5.17. The molecule has 2 heterocycles. The number of carbonyl (C=O) groups excluding carboxylic acids is 1. The summed E-state index contributed by atoms with van der Waals surface area (Å²) in [6, 6.07) is 7.61. The predicted octanol–water partition coefficient (Wildman–Crippen LogP) is 5.99. The maximum absolute atomic E-state index is 13.0. The van der Waals surface area contributed by atoms with Gasteiger partial charge in [0.15, 0.2) is 0 Å². The van der Waals surface area contributed by atoms with Crippen LogP contribution in [0.25, 0.3) is 0 Å². The molecule has 1 saturated carbocycles. The molecule has 1 aliphatic heterocycles. The normalized spacial score (nSPS) is 22.6. The minimum absolute atomic E-state index is 0.182. The summed E-state index contributed by atoms with van der Waals surface area (Å²) in [4.78, 5) is 18.7. The number of nitrogens with zero attached hydrogens (tertiary/aromatic N) is 2. The Bertz CT molecular complexity index is 1040. The van der Waals surface area contributed by atoms with E-state index in [0.717, 1.165) is 29.7 Å². The molecule has 0 bridgehead atoms. The third-order valence-corrected chi connectivity index (χ3v) is 7.09. The van der Waals surface area contributed by atoms with Crippen molar-refractivity contribution in [1.29, 1.82) is 0 Å². The number of anilines is 1. The standard InChI is InChI=1S/C25H30F3N3O2/c1-15-8-10-17(11-9-15)31-14-16-12-20(21(33-4)13-18(16)24(31,2)3)30-23(32)19-6-5-7-22(29-19)25(26,27)28/h5-7,12-13,15,17H,8-11,14H2,1-4H3,(H,30,32)/t15-,17-. The Morgan fingerprint density at radius 2 is 1.88 bits per heavy atom. The van der Waals surface area contributed by atoms with Crippen molar-refractivity contribution >= 4 is 11.6 Å². The monoisotopic (exact) mass is 461 g/mol. The molecule has 4 rings (SSSR count). The maximum Gasteiger partial charge on any atom is 0.433 e. The van der Waals surface area contributed by atoms with Gasteiger partial charge in [0.25, 0.3) is 5.91 Å². The van der Waals surface area contributed by atoms with Crippen molar-refractivity contribution in [2.75, 3.05) is 12.4 Å². The van der Waals surface area contributed by atoms with E-state index in [1.165, 1.54) is 44.9 Å². The fourth-order valence-corrected chi connectivity index (χ4v) is 5.17. The van der Waals surface area contributed by atoms with Crippen molar-refractivity contribution in [2.45, 2.75) is 70.8 Å². The minimum Gasteiger partial charge on any atom is -0.495 e. The molecule has 1 aliphatic carbocycles. The van der Waals surface area contributed by atoms with Crippen LogP contribution in [0.1, 0.15) is 73.8 Å². The van der Waals surface area contributed by atoms with Gasteiger partial charge in [-0.3, -0.25) is 9.69 Å². The molecule has 178 valence electrons. The first-order valence-electron chi connectivity index (χ1n) is 11.3. The Kier molecular flexibility index (Phi) is 6.16. The highest BCUT2D eigenvalue weighted by Gasteiger charge is 2.42. The van der Waals surface area contributed by atoms with E-state index in [9.17, 15) is 18.0 Å². The van der Waals surface area contributed by atoms with E-state index in [1.54, 1.807) is 0 Å². The van der Waals surface area contributed by atoms with Crippen LogP contribution < -0.4 is 10.1 Å². The zero-order valence-corrected chi connectivity index (χ0v) is 19.4. The van der Waals surface area contributed by atoms with Crippen LogP contribution in [0.15, 0.2) is 30.3 Å². The lowest BCUT2D eigenvalue weighted by Gasteiger charge is -2.41. The Hall–Kier alpha value is -2.61. The van der Waals surface area contributed by atoms with Gasteiger partial charge in [-0.2, -0.15) is 13.2 Å². The van der Waals surface area contributed by atoms with Gasteiger partial charge in [-0.1, -0.05) is 13.0 Å². The first kappa shape index (κ1) is 23.5. The number of pyridine rings is 1. The van der Waals surface area contributed by atoms with Gasteiger partial charge in [0.05, 0.1) is 12.8 Å². The number of halogens is 3. The van der Waals surface area contributed by atoms with Crippen LogP contribution in [0.3, 0.4) is 0 Å². The summed E-state index contributed by atoms with van der Waals surface area (Å²) in [6.07, 6.45) is 0.166. The Balaban J connectivity index is 1.60. The zero-order chi connectivity index (χ0) is 24.0. The van der Waals surface area contributed by atoms with Crippen molar-refractivity contribution in [3.63, 3.8) is 0 Å². The molecule has 1 aromatic carbocycles. The molecule has 1 N–H and O–H groups in total. The van der Waals surface area contributed by atoms with E-state index in [4.69, 9.17) is 4.74 Å². The van der Waals surface area contributed by atoms with Crippen LogP contribution in [0.2, 0.25) is 0 Å². The molecule has 33 heavy (non-hydrogen) atoms. The molecule has 1 amide bonds. The Morgan fingerprint density at radius 1 is 1.18 bits per heavy atom. The number of methoxy groups -OCH3 is 1. The molecule has 2 aromatic rings. The highest BCUT2D eigenvalue weighted by molar-refractivity contribution is 6.03. The number of amides is 1. The highest BCUT2D eigenvalue weighted by atomic mass is 19.4. The molecule has 0 radical (unpaired) electrons. The lowest BCUT2D eigenvalue weighted by atomic mass is 9.84. The molecule has 0 spiro atoms. The van der Waals surface area contributed by atoms with E-state index in [-0.39, 0.29) is 11.2 Å². The average Bonchev–Trinajstić information content (AvgIpc) is 3.03. The Morgan fingerprint density at radius 3 is 2.52 bits per heavy atom. The van der Waals surface area contributed by atoms with Crippen LogP contribution in [0.5, 0.6) is 5.75 Å². The minimum atomic E-state index is -4.62. The first-order valence-corrected chi connectivity index (χ1v) is 11.3. The molecular formula is C25H30F3N3O2. The molecule has 8 heteroatoms. The largest absolute Gasteiger partial charge is 0.495 e. The molecule has 2 aliphatic rings. The van der Waals surface area contributed by atoms with Gasteiger partial charge < -0.3 is 10.1 Å². The molecule has 0 atom stereocenters. The number of rotatable bonds is 4. The first-order chi connectivity index (χ1) is 15.5. The summed E-state index contributed by atoms with van der Waals surface area (Å²) in [5, 5.41) is 2.70. The third kappa shape index (κ3) is 4.58. The predicted molar refractivity (Wildman–Crippen MR) is 120 cm³/mol. The smallest absolute Gasteiger partial charge is 0.433 e. The van der Waals surface area contributed by atoms with Gasteiger partial charge in [0.2, 0.25) is 0 Å². The molecule has 1 fully saturated rings. The summed E-state index contributed by atoms with van der Waals surface area (Å²) in [7, 11) is 1.52. The van der Waals surface area contributed by atoms with Crippen molar-refractivity contribution < 1.29 is 22.7 Å². The van der Waals surface area contributed by atoms with Crippen LogP contribution in [0.4, 0.5) is 18.9 Å². The summed E-state index contributed by atoms with van der Waals surface area (Å²) >= 11 is 0. The van der Waals surface area contributed by atoms with Gasteiger partial charge in [0, 0.05) is 18.1 Å². The molecule has 5 nitrogen and oxygen atoms in total. The maximum atomic E-state index is 13.0. The second kappa shape index (κ2) is 8.63. The number of alkyl halides is 3.